The molecular weight excluding hydrogens is 401 g/mol. The fraction of sp³-hybridized carbons (Fsp3) is 0.176. The Balaban J connectivity index is 1.88. The van der Waals surface area contributed by atoms with E-state index in [1.54, 1.807) is 0 Å². The molecule has 0 aromatic heterocycles. The summed E-state index contributed by atoms with van der Waals surface area (Å²) in [4.78, 5) is 23.7. The maximum absolute atomic E-state index is 13.0. The van der Waals surface area contributed by atoms with Gasteiger partial charge in [-0.1, -0.05) is 39.7 Å². The quantitative estimate of drug-likeness (QED) is 0.743. The number of hydrogen-bond acceptors (Lipinski definition) is 3. The van der Waals surface area contributed by atoms with Crippen molar-refractivity contribution in [2.75, 3.05) is 6.61 Å². The van der Waals surface area contributed by atoms with Gasteiger partial charge >= 0.3 is 5.97 Å². The molecule has 0 aliphatic carbocycles. The minimum absolute atomic E-state index is 0.00632. The van der Waals surface area contributed by atoms with Crippen molar-refractivity contribution in [3.05, 3.63) is 68.9 Å². The van der Waals surface area contributed by atoms with Crippen molar-refractivity contribution in [2.24, 2.45) is 0 Å². The average molecular weight is 415 g/mol. The van der Waals surface area contributed by atoms with Crippen molar-refractivity contribution >= 4 is 39.4 Å². The zero-order chi connectivity index (χ0) is 17.7. The molecule has 1 unspecified atom stereocenters. The molecule has 24 heavy (non-hydrogen) atoms. The van der Waals surface area contributed by atoms with E-state index in [1.807, 2.05) is 31.2 Å². The molecule has 0 aliphatic rings. The Hall–Kier alpha value is -1.92. The first-order chi connectivity index (χ1) is 11.4. The number of benzene rings is 2. The Kier molecular flexibility index (Phi) is 6.34. The van der Waals surface area contributed by atoms with Crippen molar-refractivity contribution in [1.29, 1.82) is 0 Å². The molecule has 0 heterocycles. The van der Waals surface area contributed by atoms with Crippen LogP contribution in [-0.4, -0.2) is 18.5 Å². The molecule has 1 amide bonds. The lowest BCUT2D eigenvalue weighted by Crippen LogP contribution is -2.31. The molecule has 0 spiro atoms. The van der Waals surface area contributed by atoms with Gasteiger partial charge in [0.1, 0.15) is 5.82 Å². The van der Waals surface area contributed by atoms with E-state index in [1.165, 1.54) is 6.07 Å². The van der Waals surface area contributed by atoms with Crippen LogP contribution in [0.4, 0.5) is 4.39 Å². The molecule has 0 fully saturated rings. The van der Waals surface area contributed by atoms with Crippen molar-refractivity contribution in [3.63, 3.8) is 0 Å². The van der Waals surface area contributed by atoms with Gasteiger partial charge in [0, 0.05) is 4.47 Å². The van der Waals surface area contributed by atoms with E-state index in [0.29, 0.717) is 0 Å². The van der Waals surface area contributed by atoms with E-state index in [4.69, 9.17) is 16.3 Å². The Labute approximate surface area is 152 Å². The molecule has 0 bridgehead atoms. The molecule has 2 rings (SSSR count). The van der Waals surface area contributed by atoms with Gasteiger partial charge in [-0.05, 0) is 42.8 Å². The Morgan fingerprint density at radius 1 is 1.25 bits per heavy atom. The number of ether oxygens (including phenoxy) is 1. The van der Waals surface area contributed by atoms with E-state index in [0.717, 1.165) is 22.2 Å². The summed E-state index contributed by atoms with van der Waals surface area (Å²) in [5.74, 6) is -1.79. The Bertz CT molecular complexity index is 752. The van der Waals surface area contributed by atoms with Crippen LogP contribution in [0.5, 0.6) is 0 Å². The molecule has 1 N–H and O–H groups in total. The number of carbonyl (C=O) groups excluding carboxylic acids is 2. The number of amides is 1. The number of nitrogens with one attached hydrogen (secondary N) is 1. The zero-order valence-corrected chi connectivity index (χ0v) is 15.0. The van der Waals surface area contributed by atoms with Crippen molar-refractivity contribution in [3.8, 4) is 0 Å². The summed E-state index contributed by atoms with van der Waals surface area (Å²) >= 11 is 9.11. The standard InChI is InChI=1S/C17H14BrClFNO3/c1-10(11-2-4-12(18)5-3-11)21-16(22)9-24-17(23)14-7-6-13(20)8-15(14)19/h2-8,10H,9H2,1H3,(H,21,22). The molecule has 1 atom stereocenters. The molecule has 0 saturated heterocycles. The molecule has 2 aromatic rings. The van der Waals surface area contributed by atoms with Crippen molar-refractivity contribution in [2.45, 2.75) is 13.0 Å². The number of rotatable bonds is 5. The van der Waals surface area contributed by atoms with E-state index in [9.17, 15) is 14.0 Å². The lowest BCUT2D eigenvalue weighted by molar-refractivity contribution is -0.124. The second kappa shape index (κ2) is 8.26. The number of carbonyl (C=O) groups is 2. The molecular formula is C17H14BrClFNO3. The Morgan fingerprint density at radius 3 is 2.54 bits per heavy atom. The number of halogens is 3. The first-order valence-electron chi connectivity index (χ1n) is 7.04. The smallest absolute Gasteiger partial charge is 0.340 e. The minimum atomic E-state index is -0.786. The summed E-state index contributed by atoms with van der Waals surface area (Å²) in [6.07, 6.45) is 0. The molecule has 0 aliphatic heterocycles. The van der Waals surface area contributed by atoms with Gasteiger partial charge in [0.2, 0.25) is 0 Å². The Morgan fingerprint density at radius 2 is 1.92 bits per heavy atom. The third-order valence-corrected chi connectivity index (χ3v) is 4.07. The van der Waals surface area contributed by atoms with Gasteiger partial charge < -0.3 is 10.1 Å². The predicted octanol–water partition coefficient (Wildman–Crippen LogP) is 4.28. The van der Waals surface area contributed by atoms with Crippen LogP contribution in [0.2, 0.25) is 5.02 Å². The molecule has 0 radical (unpaired) electrons. The van der Waals surface area contributed by atoms with Crippen molar-refractivity contribution < 1.29 is 18.7 Å². The topological polar surface area (TPSA) is 55.4 Å². The van der Waals surface area contributed by atoms with Crippen LogP contribution in [0.25, 0.3) is 0 Å². The van der Waals surface area contributed by atoms with Crippen LogP contribution < -0.4 is 5.32 Å². The fourth-order valence-corrected chi connectivity index (χ4v) is 2.49. The predicted molar refractivity (Wildman–Crippen MR) is 92.4 cm³/mol. The summed E-state index contributed by atoms with van der Waals surface area (Å²) in [6, 6.07) is 10.6. The normalized spacial score (nSPS) is 11.7. The SMILES string of the molecule is CC(NC(=O)COC(=O)c1ccc(F)cc1Cl)c1ccc(Br)cc1. The zero-order valence-electron chi connectivity index (χ0n) is 12.7. The second-order valence-corrected chi connectivity index (χ2v) is 6.36. The van der Waals surface area contributed by atoms with Gasteiger partial charge in [0.15, 0.2) is 6.61 Å². The number of hydrogen-bond donors (Lipinski definition) is 1. The van der Waals surface area contributed by atoms with E-state index in [2.05, 4.69) is 21.2 Å². The monoisotopic (exact) mass is 413 g/mol. The highest BCUT2D eigenvalue weighted by molar-refractivity contribution is 9.10. The highest BCUT2D eigenvalue weighted by Crippen LogP contribution is 2.18. The largest absolute Gasteiger partial charge is 0.452 e. The first-order valence-corrected chi connectivity index (χ1v) is 8.21. The van der Waals surface area contributed by atoms with Crippen LogP contribution in [0.3, 0.4) is 0 Å². The van der Waals surface area contributed by atoms with E-state index in [-0.39, 0.29) is 16.6 Å². The molecule has 7 heteroatoms. The van der Waals surface area contributed by atoms with Crippen LogP contribution in [0.1, 0.15) is 28.9 Å². The summed E-state index contributed by atoms with van der Waals surface area (Å²) in [5.41, 5.74) is 0.922. The van der Waals surface area contributed by atoms with Gasteiger partial charge in [0.25, 0.3) is 5.91 Å². The maximum atomic E-state index is 13.0. The highest BCUT2D eigenvalue weighted by Gasteiger charge is 2.15. The van der Waals surface area contributed by atoms with Crippen LogP contribution in [-0.2, 0) is 9.53 Å². The third-order valence-electron chi connectivity index (χ3n) is 3.23. The van der Waals surface area contributed by atoms with Crippen LogP contribution in [0.15, 0.2) is 46.9 Å². The fourth-order valence-electron chi connectivity index (χ4n) is 1.98. The first kappa shape index (κ1) is 18.4. The van der Waals surface area contributed by atoms with E-state index >= 15 is 0 Å². The van der Waals surface area contributed by atoms with Gasteiger partial charge in [0.05, 0.1) is 16.6 Å². The maximum Gasteiger partial charge on any atom is 0.340 e. The highest BCUT2D eigenvalue weighted by atomic mass is 79.9. The van der Waals surface area contributed by atoms with Gasteiger partial charge in [-0.3, -0.25) is 4.79 Å². The summed E-state index contributed by atoms with van der Waals surface area (Å²) < 4.78 is 18.8. The van der Waals surface area contributed by atoms with Gasteiger partial charge in [-0.2, -0.15) is 0 Å². The van der Waals surface area contributed by atoms with Gasteiger partial charge in [-0.15, -0.1) is 0 Å². The summed E-state index contributed by atoms with van der Waals surface area (Å²) in [7, 11) is 0. The minimum Gasteiger partial charge on any atom is -0.452 e. The molecule has 0 saturated carbocycles. The average Bonchev–Trinajstić information content (AvgIpc) is 2.53. The lowest BCUT2D eigenvalue weighted by atomic mass is 10.1. The molecule has 126 valence electrons. The third kappa shape index (κ3) is 5.04. The second-order valence-electron chi connectivity index (χ2n) is 5.04. The molecule has 2 aromatic carbocycles. The number of esters is 1. The van der Waals surface area contributed by atoms with Crippen LogP contribution in [0, 0.1) is 5.82 Å². The van der Waals surface area contributed by atoms with Crippen molar-refractivity contribution in [1.82, 2.24) is 5.32 Å². The summed E-state index contributed by atoms with van der Waals surface area (Å²) in [5, 5.41) is 2.66. The van der Waals surface area contributed by atoms with E-state index < -0.39 is 24.3 Å². The van der Waals surface area contributed by atoms with Crippen LogP contribution >= 0.6 is 27.5 Å². The molecule has 4 nitrogen and oxygen atoms in total. The summed E-state index contributed by atoms with van der Waals surface area (Å²) in [6.45, 7) is 1.37. The lowest BCUT2D eigenvalue weighted by Gasteiger charge is -2.14. The van der Waals surface area contributed by atoms with Gasteiger partial charge in [-0.25, -0.2) is 9.18 Å².